The van der Waals surface area contributed by atoms with Gasteiger partial charge in [0.25, 0.3) is 0 Å². The van der Waals surface area contributed by atoms with E-state index in [0.29, 0.717) is 54.4 Å². The molecular weight excluding hydrogens is 907 g/mol. The summed E-state index contributed by atoms with van der Waals surface area (Å²) in [4.78, 5) is 18.6. The molecule has 8 rings (SSSR count). The van der Waals surface area contributed by atoms with Crippen molar-refractivity contribution in [1.29, 1.82) is 0 Å². The first-order valence-electron chi connectivity index (χ1n) is 24.2. The van der Waals surface area contributed by atoms with E-state index in [1.54, 1.807) is 49.1 Å². The number of hydrogen-bond donors (Lipinski definition) is 8. The number of methoxy groups -OCH3 is 1. The number of nitrogens with one attached hydrogen (secondary N) is 3. The van der Waals surface area contributed by atoms with Gasteiger partial charge >= 0.3 is 0 Å². The zero-order chi connectivity index (χ0) is 48.7. The summed E-state index contributed by atoms with van der Waals surface area (Å²) in [5.41, 5.74) is 6.87. The summed E-state index contributed by atoms with van der Waals surface area (Å²) < 4.78 is 12.1. The second kappa shape index (κ2) is 22.3. The number of rotatable bonds is 17. The van der Waals surface area contributed by atoms with Crippen LogP contribution < -0.4 is 20.1 Å². The molecule has 1 aliphatic heterocycles. The van der Waals surface area contributed by atoms with Crippen molar-refractivity contribution in [2.24, 2.45) is 5.92 Å². The molecule has 11 nitrogen and oxygen atoms in total. The zero-order valence-corrected chi connectivity index (χ0v) is 41.8. The second-order valence-corrected chi connectivity index (χ2v) is 21.7. The lowest BCUT2D eigenvalue weighted by molar-refractivity contribution is -0.123. The molecule has 366 valence electrons. The topological polar surface area (TPSA) is 177 Å². The Morgan fingerprint density at radius 1 is 0.899 bits per heavy atom. The normalized spacial score (nSPS) is 18.7. The molecule has 0 bridgehead atoms. The van der Waals surface area contributed by atoms with Gasteiger partial charge in [-0.2, -0.15) is 0 Å². The number of carbonyl (C=O) groups is 1. The third kappa shape index (κ3) is 11.6. The quantitative estimate of drug-likeness (QED) is 0.0407. The number of aromatic hydroxyl groups is 3. The first-order chi connectivity index (χ1) is 33.3. The number of phenolic OH excluding ortho intramolecular Hbond substituents is 3. The Morgan fingerprint density at radius 3 is 2.42 bits per heavy atom. The number of aryl methyl sites for hydroxylation is 1. The highest BCUT2D eigenvalue weighted by Crippen LogP contribution is 2.45. The molecule has 8 N–H and O–H groups in total. The fraction of sp³-hybridized carbons (Fsp3) is 0.411. The van der Waals surface area contributed by atoms with Gasteiger partial charge in [0, 0.05) is 65.9 Å². The highest BCUT2D eigenvalue weighted by molar-refractivity contribution is 8.76. The first kappa shape index (κ1) is 50.2. The standard InChI is InChI=1S/C56H67N3O8S2/c1-5-36-12-13-37-10-6-7-11-44(37)45(36)28-47-38(14-16-49(61)53(47)66-4)23-41(22-35-18-21-58-30-35)51(63)29-52(64)46(40-24-42(27-43(60)25-40)56(57-3)19-8-9-20-56)26-39-15-17-50(62)54-48(39)31-68-69-33-55(2,65)32-59-34-67-54/h6-7,10-18,21,24-25,27,30,41,46,51,57-63,65H,5,8-9,19-20,22-23,26,28-29,31-34H2,1-4H3/t41-,46+,51+,55+/m0/s1. The first-order valence-corrected chi connectivity index (χ1v) is 26.7. The smallest absolute Gasteiger partial charge is 0.167 e. The summed E-state index contributed by atoms with van der Waals surface area (Å²) in [7, 11) is 6.60. The molecule has 4 atom stereocenters. The Morgan fingerprint density at radius 2 is 1.67 bits per heavy atom. The molecule has 69 heavy (non-hydrogen) atoms. The van der Waals surface area contributed by atoms with Gasteiger partial charge in [0.1, 0.15) is 18.3 Å². The third-order valence-corrected chi connectivity index (χ3v) is 17.0. The SMILES string of the molecule is CCc1ccc2ccccc2c1Cc1c(C[C@H](Cc2cc[nH]c2)[C@H](O)CC(=O)[C@H](Cc2ccc(O)c3c2CSSC[C@](C)(O)CNCO3)c2cc(O)cc(C3(NC)CCCC3)c2)ccc(O)c1OC. The van der Waals surface area contributed by atoms with Crippen molar-refractivity contribution in [1.82, 2.24) is 15.6 Å². The number of β-amino-alcohol motifs (C(OH)–C–C–N with tert-alkyl or cyclic N) is 1. The molecule has 0 radical (unpaired) electrons. The number of H-pyrrole nitrogens is 1. The van der Waals surface area contributed by atoms with Crippen LogP contribution in [0.2, 0.25) is 0 Å². The largest absolute Gasteiger partial charge is 0.508 e. The van der Waals surface area contributed by atoms with E-state index >= 15 is 4.79 Å². The molecule has 2 heterocycles. The number of fused-ring (bicyclic) bond motifs is 2. The molecule has 0 spiro atoms. The van der Waals surface area contributed by atoms with Gasteiger partial charge in [-0.15, -0.1) is 0 Å². The Hall–Kier alpha value is -5.15. The summed E-state index contributed by atoms with van der Waals surface area (Å²) in [5, 5.41) is 66.3. The predicted molar refractivity (Wildman–Crippen MR) is 278 cm³/mol. The van der Waals surface area contributed by atoms with Crippen molar-refractivity contribution >= 4 is 38.1 Å². The van der Waals surface area contributed by atoms with Crippen molar-refractivity contribution in [3.63, 3.8) is 0 Å². The van der Waals surface area contributed by atoms with E-state index < -0.39 is 23.5 Å². The average molecular weight is 974 g/mol. The van der Waals surface area contributed by atoms with Crippen LogP contribution in [0.15, 0.2) is 97.3 Å². The van der Waals surface area contributed by atoms with Gasteiger partial charge in [0.2, 0.25) is 0 Å². The summed E-state index contributed by atoms with van der Waals surface area (Å²) in [6.07, 6.45) is 8.78. The lowest BCUT2D eigenvalue weighted by atomic mass is 9.79. The molecular formula is C56H67N3O8S2. The van der Waals surface area contributed by atoms with E-state index in [0.717, 1.165) is 81.8 Å². The van der Waals surface area contributed by atoms with Gasteiger partial charge in [-0.3, -0.25) is 10.1 Å². The van der Waals surface area contributed by atoms with Gasteiger partial charge in [-0.25, -0.2) is 0 Å². The number of ketones is 1. The second-order valence-electron chi connectivity index (χ2n) is 19.2. The van der Waals surface area contributed by atoms with E-state index in [1.807, 2.05) is 49.8 Å². The van der Waals surface area contributed by atoms with E-state index in [-0.39, 0.29) is 48.1 Å². The molecule has 0 unspecified atom stereocenters. The Kier molecular flexibility index (Phi) is 16.2. The number of aliphatic hydroxyl groups excluding tert-OH is 1. The van der Waals surface area contributed by atoms with Crippen LogP contribution in [0.25, 0.3) is 10.8 Å². The van der Waals surface area contributed by atoms with Gasteiger partial charge < -0.3 is 45.3 Å². The number of Topliss-reactive ketones (excluding diaryl/α,β-unsaturated/α-hetero) is 1. The molecule has 1 aromatic heterocycles. The van der Waals surface area contributed by atoms with E-state index in [9.17, 15) is 25.5 Å². The Bertz CT molecular complexity index is 2720. The van der Waals surface area contributed by atoms with Crippen LogP contribution in [0.3, 0.4) is 0 Å². The van der Waals surface area contributed by atoms with Crippen molar-refractivity contribution in [3.8, 4) is 28.7 Å². The van der Waals surface area contributed by atoms with Crippen LogP contribution in [0.1, 0.15) is 102 Å². The van der Waals surface area contributed by atoms with Crippen molar-refractivity contribution in [3.05, 3.63) is 147 Å². The van der Waals surface area contributed by atoms with Gasteiger partial charge in [-0.05, 0) is 138 Å². The molecule has 0 amide bonds. The van der Waals surface area contributed by atoms with Crippen LogP contribution in [0.5, 0.6) is 28.7 Å². The minimum atomic E-state index is -1.09. The average Bonchev–Trinajstić information content (AvgIpc) is 4.05. The lowest BCUT2D eigenvalue weighted by Gasteiger charge is -2.31. The minimum absolute atomic E-state index is 0.0218. The van der Waals surface area contributed by atoms with Crippen LogP contribution in [0.4, 0.5) is 0 Å². The highest BCUT2D eigenvalue weighted by Gasteiger charge is 2.37. The molecule has 0 saturated heterocycles. The minimum Gasteiger partial charge on any atom is -0.508 e. The molecule has 6 aromatic rings. The number of carbonyl (C=O) groups excluding carboxylic acids is 1. The number of aliphatic hydroxyl groups is 2. The van der Waals surface area contributed by atoms with Crippen LogP contribution in [-0.2, 0) is 48.2 Å². The molecule has 1 saturated carbocycles. The molecule has 1 aliphatic carbocycles. The maximum atomic E-state index is 15.4. The molecule has 2 aliphatic rings. The number of hydrogen-bond acceptors (Lipinski definition) is 12. The van der Waals surface area contributed by atoms with E-state index in [1.165, 1.54) is 16.4 Å². The third-order valence-electron chi connectivity index (χ3n) is 14.5. The van der Waals surface area contributed by atoms with Gasteiger partial charge in [0.05, 0.1) is 18.8 Å². The van der Waals surface area contributed by atoms with Crippen molar-refractivity contribution in [2.45, 2.75) is 107 Å². The fourth-order valence-electron chi connectivity index (χ4n) is 10.6. The molecule has 1 fully saturated rings. The van der Waals surface area contributed by atoms with Crippen molar-refractivity contribution in [2.75, 3.05) is 33.2 Å². The lowest BCUT2D eigenvalue weighted by Crippen LogP contribution is -2.41. The number of ether oxygens (including phenoxy) is 2. The van der Waals surface area contributed by atoms with Crippen molar-refractivity contribution < 1.29 is 39.8 Å². The fourth-order valence-corrected chi connectivity index (χ4v) is 13.2. The number of benzene rings is 5. The Labute approximate surface area is 413 Å². The zero-order valence-electron chi connectivity index (χ0n) is 40.1. The highest BCUT2D eigenvalue weighted by atomic mass is 33.1. The van der Waals surface area contributed by atoms with E-state index in [2.05, 4.69) is 52.9 Å². The molecule has 13 heteroatoms. The summed E-state index contributed by atoms with van der Waals surface area (Å²) in [5.74, 6) is 0.289. The Balaban J connectivity index is 1.17. The number of phenols is 3. The maximum absolute atomic E-state index is 15.4. The summed E-state index contributed by atoms with van der Waals surface area (Å²) in [6, 6.07) is 27.2. The monoisotopic (exact) mass is 973 g/mol. The predicted octanol–water partition coefficient (Wildman–Crippen LogP) is 9.76. The number of aromatic amines is 1. The van der Waals surface area contributed by atoms with Gasteiger partial charge in [0.15, 0.2) is 23.0 Å². The van der Waals surface area contributed by atoms with Crippen LogP contribution in [0, 0.1) is 5.92 Å². The van der Waals surface area contributed by atoms with Gasteiger partial charge in [-0.1, -0.05) is 96.0 Å². The summed E-state index contributed by atoms with van der Waals surface area (Å²) in [6.45, 7) is 4.28. The number of aromatic nitrogens is 1. The summed E-state index contributed by atoms with van der Waals surface area (Å²) >= 11 is 0. The van der Waals surface area contributed by atoms with Crippen LogP contribution >= 0.6 is 21.6 Å². The van der Waals surface area contributed by atoms with E-state index in [4.69, 9.17) is 9.47 Å². The molecule has 5 aromatic carbocycles. The maximum Gasteiger partial charge on any atom is 0.167 e. The van der Waals surface area contributed by atoms with Crippen LogP contribution in [-0.4, -0.2) is 81.2 Å².